The molecule has 3 nitrogen and oxygen atoms in total. The number of hydrogen-bond acceptors (Lipinski definition) is 3. The summed E-state index contributed by atoms with van der Waals surface area (Å²) in [5, 5.41) is 2.95. The first-order valence-corrected chi connectivity index (χ1v) is 6.49. The van der Waals surface area contributed by atoms with E-state index in [1.165, 1.54) is 4.88 Å². The molecule has 0 aliphatic carbocycles. The molecule has 2 heterocycles. The Morgan fingerprint density at radius 1 is 1.67 bits per heavy atom. The highest BCUT2D eigenvalue weighted by Gasteiger charge is 2.28. The number of nitrogens with two attached hydrogens (primary N) is 1. The van der Waals surface area contributed by atoms with Gasteiger partial charge < -0.3 is 11.1 Å². The van der Waals surface area contributed by atoms with Gasteiger partial charge in [-0.1, -0.05) is 0 Å². The predicted octanol–water partition coefficient (Wildman–Crippen LogP) is 2.10. The van der Waals surface area contributed by atoms with Crippen LogP contribution in [0.25, 0.3) is 0 Å². The van der Waals surface area contributed by atoms with E-state index >= 15 is 0 Å². The minimum Gasteiger partial charge on any atom is -0.347 e. The minimum absolute atomic E-state index is 0.0127. The second-order valence-electron chi connectivity index (χ2n) is 3.80. The zero-order chi connectivity index (χ0) is 11.0. The Morgan fingerprint density at radius 2 is 2.40 bits per heavy atom. The summed E-state index contributed by atoms with van der Waals surface area (Å²) in [5.41, 5.74) is 6.01. The molecule has 1 aromatic heterocycles. The van der Waals surface area contributed by atoms with Gasteiger partial charge in [0.1, 0.15) is 0 Å². The number of hydrogen-bond donors (Lipinski definition) is 2. The molecule has 2 rings (SSSR count). The Bertz CT molecular complexity index is 371. The van der Waals surface area contributed by atoms with E-state index in [0.29, 0.717) is 6.42 Å². The number of carbonyl (C=O) groups is 1. The molecular formula is C10H13BrN2OS. The third kappa shape index (κ3) is 2.24. The highest BCUT2D eigenvalue weighted by atomic mass is 79.9. The molecule has 0 radical (unpaired) electrons. The third-order valence-corrected chi connectivity index (χ3v) is 4.85. The summed E-state index contributed by atoms with van der Waals surface area (Å²) in [6, 6.07) is 2.07. The molecule has 0 spiro atoms. The largest absolute Gasteiger partial charge is 0.347 e. The van der Waals surface area contributed by atoms with Crippen LogP contribution in [0, 0.1) is 6.92 Å². The molecule has 82 valence electrons. The lowest BCUT2D eigenvalue weighted by molar-refractivity contribution is -0.123. The van der Waals surface area contributed by atoms with Crippen LogP contribution in [0.3, 0.4) is 0 Å². The van der Waals surface area contributed by atoms with E-state index in [1.54, 1.807) is 11.3 Å². The number of nitrogens with one attached hydrogen (secondary N) is 1. The van der Waals surface area contributed by atoms with Gasteiger partial charge in [-0.05, 0) is 35.3 Å². The number of carbonyl (C=O) groups excluding carboxylic acids is 1. The normalized spacial score (nSPS) is 26.5. The zero-order valence-corrected chi connectivity index (χ0v) is 10.8. The second-order valence-corrected chi connectivity index (χ2v) is 5.94. The fraction of sp³-hybridized carbons (Fsp3) is 0.500. The molecule has 1 saturated heterocycles. The summed E-state index contributed by atoms with van der Waals surface area (Å²) >= 11 is 5.16. The first-order chi connectivity index (χ1) is 7.08. The molecule has 1 aliphatic heterocycles. The molecule has 2 atom stereocenters. The van der Waals surface area contributed by atoms with E-state index in [0.717, 1.165) is 15.8 Å². The van der Waals surface area contributed by atoms with Gasteiger partial charge in [-0.15, -0.1) is 11.3 Å². The topological polar surface area (TPSA) is 55.1 Å². The fourth-order valence-electron chi connectivity index (χ4n) is 1.73. The lowest BCUT2D eigenvalue weighted by Gasteiger charge is -2.28. The lowest BCUT2D eigenvalue weighted by atomic mass is 9.98. The summed E-state index contributed by atoms with van der Waals surface area (Å²) in [7, 11) is 0. The monoisotopic (exact) mass is 288 g/mol. The van der Waals surface area contributed by atoms with Crippen LogP contribution in [0.1, 0.15) is 28.6 Å². The van der Waals surface area contributed by atoms with Crippen molar-refractivity contribution in [3.8, 4) is 0 Å². The molecule has 2 unspecified atom stereocenters. The molecule has 3 N–H and O–H groups in total. The molecule has 1 aliphatic rings. The van der Waals surface area contributed by atoms with Gasteiger partial charge in [-0.25, -0.2) is 0 Å². The maximum absolute atomic E-state index is 11.3. The van der Waals surface area contributed by atoms with Gasteiger partial charge in [0.15, 0.2) is 0 Å². The molecule has 0 bridgehead atoms. The van der Waals surface area contributed by atoms with Crippen LogP contribution in [-0.4, -0.2) is 11.9 Å². The van der Waals surface area contributed by atoms with Gasteiger partial charge in [0, 0.05) is 26.7 Å². The lowest BCUT2D eigenvalue weighted by Crippen LogP contribution is -2.45. The number of thiophene rings is 1. The van der Waals surface area contributed by atoms with Crippen LogP contribution in [0.2, 0.25) is 0 Å². The van der Waals surface area contributed by atoms with E-state index in [-0.39, 0.29) is 18.0 Å². The Labute approximate surface area is 101 Å². The summed E-state index contributed by atoms with van der Waals surface area (Å²) in [5.74, 6) is 0.101. The molecule has 1 fully saturated rings. The standard InChI is InChI=1S/C10H13BrN2OS/c1-5-6(11)4-8(15-5)10-7(12)2-3-9(14)13-10/h4,7,10H,2-3,12H2,1H3,(H,13,14). The van der Waals surface area contributed by atoms with Crippen molar-refractivity contribution in [3.05, 3.63) is 20.3 Å². The minimum atomic E-state index is -0.0127. The first kappa shape index (κ1) is 11.1. The average molecular weight is 289 g/mol. The van der Waals surface area contributed by atoms with Crippen LogP contribution in [0.4, 0.5) is 0 Å². The summed E-state index contributed by atoms with van der Waals surface area (Å²) in [6.45, 7) is 2.05. The number of piperidine rings is 1. The van der Waals surface area contributed by atoms with Gasteiger partial charge >= 0.3 is 0 Å². The number of halogens is 1. The number of rotatable bonds is 1. The van der Waals surface area contributed by atoms with E-state index < -0.39 is 0 Å². The molecule has 15 heavy (non-hydrogen) atoms. The molecule has 0 aromatic carbocycles. The van der Waals surface area contributed by atoms with Gasteiger partial charge in [-0.2, -0.15) is 0 Å². The zero-order valence-electron chi connectivity index (χ0n) is 8.42. The van der Waals surface area contributed by atoms with Crippen LogP contribution >= 0.6 is 27.3 Å². The van der Waals surface area contributed by atoms with E-state index in [1.807, 2.05) is 0 Å². The molecule has 5 heteroatoms. The van der Waals surface area contributed by atoms with Crippen LogP contribution in [0.15, 0.2) is 10.5 Å². The number of aryl methyl sites for hydroxylation is 1. The van der Waals surface area contributed by atoms with Crippen LogP contribution < -0.4 is 11.1 Å². The second kappa shape index (κ2) is 4.23. The summed E-state index contributed by atoms with van der Waals surface area (Å²) in [6.07, 6.45) is 1.31. The van der Waals surface area contributed by atoms with Gasteiger partial charge in [0.2, 0.25) is 5.91 Å². The van der Waals surface area contributed by atoms with Crippen molar-refractivity contribution in [2.45, 2.75) is 31.8 Å². The van der Waals surface area contributed by atoms with Crippen molar-refractivity contribution in [2.75, 3.05) is 0 Å². The van der Waals surface area contributed by atoms with Gasteiger partial charge in [0.05, 0.1) is 6.04 Å². The van der Waals surface area contributed by atoms with Crippen molar-refractivity contribution < 1.29 is 4.79 Å². The van der Waals surface area contributed by atoms with E-state index in [4.69, 9.17) is 5.73 Å². The Balaban J connectivity index is 2.24. The predicted molar refractivity (Wildman–Crippen MR) is 64.8 cm³/mol. The summed E-state index contributed by atoms with van der Waals surface area (Å²) in [4.78, 5) is 13.7. The van der Waals surface area contributed by atoms with Crippen molar-refractivity contribution in [2.24, 2.45) is 5.73 Å². The highest BCUT2D eigenvalue weighted by molar-refractivity contribution is 9.10. The van der Waals surface area contributed by atoms with Crippen molar-refractivity contribution in [1.82, 2.24) is 5.32 Å². The maximum atomic E-state index is 11.3. The number of amides is 1. The Morgan fingerprint density at radius 3 is 3.00 bits per heavy atom. The van der Waals surface area contributed by atoms with Gasteiger partial charge in [0.25, 0.3) is 0 Å². The SMILES string of the molecule is Cc1sc(C2NC(=O)CCC2N)cc1Br. The van der Waals surface area contributed by atoms with E-state index in [9.17, 15) is 4.79 Å². The summed E-state index contributed by atoms with van der Waals surface area (Å²) < 4.78 is 1.09. The maximum Gasteiger partial charge on any atom is 0.220 e. The molecular weight excluding hydrogens is 276 g/mol. The fourth-order valence-corrected chi connectivity index (χ4v) is 3.42. The highest BCUT2D eigenvalue weighted by Crippen LogP contribution is 2.33. The smallest absolute Gasteiger partial charge is 0.220 e. The Hall–Kier alpha value is -0.390. The van der Waals surface area contributed by atoms with Crippen molar-refractivity contribution in [1.29, 1.82) is 0 Å². The van der Waals surface area contributed by atoms with Crippen LogP contribution in [0.5, 0.6) is 0 Å². The Kier molecular flexibility index (Phi) is 3.13. The molecule has 1 aromatic rings. The van der Waals surface area contributed by atoms with E-state index in [2.05, 4.69) is 34.2 Å². The first-order valence-electron chi connectivity index (χ1n) is 4.88. The third-order valence-electron chi connectivity index (χ3n) is 2.63. The molecule has 1 amide bonds. The van der Waals surface area contributed by atoms with Crippen LogP contribution in [-0.2, 0) is 4.79 Å². The van der Waals surface area contributed by atoms with Crippen molar-refractivity contribution >= 4 is 33.2 Å². The average Bonchev–Trinajstić information content (AvgIpc) is 2.51. The molecule has 0 saturated carbocycles. The quantitative estimate of drug-likeness (QED) is 0.832. The van der Waals surface area contributed by atoms with Crippen molar-refractivity contribution in [3.63, 3.8) is 0 Å². The van der Waals surface area contributed by atoms with Gasteiger partial charge in [-0.3, -0.25) is 4.79 Å².